The van der Waals surface area contributed by atoms with Crippen molar-refractivity contribution in [1.29, 1.82) is 5.26 Å². The molecule has 2 aliphatic rings. The Hall–Kier alpha value is -1.04. The number of esters is 1. The molecular weight excluding hydrogens is 238 g/mol. The van der Waals surface area contributed by atoms with Crippen molar-refractivity contribution in [1.82, 2.24) is 0 Å². The summed E-state index contributed by atoms with van der Waals surface area (Å²) < 4.78 is 5.41. The van der Waals surface area contributed by atoms with E-state index in [9.17, 15) is 10.1 Å². The largest absolute Gasteiger partial charge is 0.444 e. The number of ether oxygens (including phenoxy) is 1. The van der Waals surface area contributed by atoms with Gasteiger partial charge in [0.1, 0.15) is 6.07 Å². The van der Waals surface area contributed by atoms with E-state index in [0.29, 0.717) is 6.42 Å². The first-order valence-corrected chi connectivity index (χ1v) is 7.82. The quantitative estimate of drug-likeness (QED) is 0.724. The standard InChI is InChI=1S/C16H25NO2/c1-2-15(18)19-16(12-17)10-8-14(9-11-16)13-6-4-3-5-7-13/h13-14H,2-11H2,1H3. The van der Waals surface area contributed by atoms with E-state index in [0.717, 1.165) is 37.5 Å². The highest BCUT2D eigenvalue weighted by Crippen LogP contribution is 2.42. The number of carbonyl (C=O) groups excluding carboxylic acids is 1. The summed E-state index contributed by atoms with van der Waals surface area (Å²) in [5.74, 6) is 1.37. The Kier molecular flexibility index (Phi) is 4.85. The van der Waals surface area contributed by atoms with Crippen LogP contribution in [0.2, 0.25) is 0 Å². The first kappa shape index (κ1) is 14.4. The number of nitrogens with zero attached hydrogens (tertiary/aromatic N) is 1. The average Bonchev–Trinajstić information content (AvgIpc) is 2.48. The molecule has 0 heterocycles. The van der Waals surface area contributed by atoms with Crippen molar-refractivity contribution < 1.29 is 9.53 Å². The van der Waals surface area contributed by atoms with Gasteiger partial charge in [0, 0.05) is 19.3 Å². The SMILES string of the molecule is CCC(=O)OC1(C#N)CCC(C2CCCCC2)CC1. The molecule has 19 heavy (non-hydrogen) atoms. The monoisotopic (exact) mass is 263 g/mol. The predicted octanol–water partition coefficient (Wildman–Crippen LogP) is 3.97. The molecule has 2 aliphatic carbocycles. The molecule has 2 rings (SSSR count). The lowest BCUT2D eigenvalue weighted by molar-refractivity contribution is -0.157. The van der Waals surface area contributed by atoms with Gasteiger partial charge in [-0.2, -0.15) is 5.26 Å². The van der Waals surface area contributed by atoms with Gasteiger partial charge >= 0.3 is 5.97 Å². The molecule has 0 N–H and O–H groups in total. The highest BCUT2D eigenvalue weighted by Gasteiger charge is 2.40. The van der Waals surface area contributed by atoms with E-state index in [2.05, 4.69) is 6.07 Å². The summed E-state index contributed by atoms with van der Waals surface area (Å²) in [5, 5.41) is 9.36. The van der Waals surface area contributed by atoms with Gasteiger partial charge in [0.25, 0.3) is 0 Å². The molecule has 3 nitrogen and oxygen atoms in total. The van der Waals surface area contributed by atoms with Crippen molar-refractivity contribution in [2.45, 2.75) is 76.7 Å². The van der Waals surface area contributed by atoms with Gasteiger partial charge in [-0.25, -0.2) is 0 Å². The highest BCUT2D eigenvalue weighted by atomic mass is 16.6. The molecule has 0 radical (unpaired) electrons. The van der Waals surface area contributed by atoms with Crippen LogP contribution in [0.3, 0.4) is 0 Å². The molecule has 0 aliphatic heterocycles. The van der Waals surface area contributed by atoms with Gasteiger partial charge in [-0.15, -0.1) is 0 Å². The third-order valence-electron chi connectivity index (χ3n) is 4.96. The lowest BCUT2D eigenvalue weighted by atomic mass is 9.70. The lowest BCUT2D eigenvalue weighted by Crippen LogP contribution is -2.39. The van der Waals surface area contributed by atoms with Gasteiger partial charge in [0.2, 0.25) is 0 Å². The van der Waals surface area contributed by atoms with Crippen molar-refractivity contribution >= 4 is 5.97 Å². The second-order valence-electron chi connectivity index (χ2n) is 6.17. The molecule has 2 fully saturated rings. The van der Waals surface area contributed by atoms with Crippen molar-refractivity contribution in [2.75, 3.05) is 0 Å². The zero-order chi connectivity index (χ0) is 13.7. The maximum atomic E-state index is 11.5. The van der Waals surface area contributed by atoms with Gasteiger partial charge in [0.15, 0.2) is 5.60 Å². The minimum absolute atomic E-state index is 0.238. The fourth-order valence-electron chi connectivity index (χ4n) is 3.71. The van der Waals surface area contributed by atoms with Crippen molar-refractivity contribution in [2.24, 2.45) is 11.8 Å². The molecule has 0 amide bonds. The topological polar surface area (TPSA) is 50.1 Å². The van der Waals surface area contributed by atoms with E-state index in [1.807, 2.05) is 0 Å². The van der Waals surface area contributed by atoms with E-state index in [4.69, 9.17) is 4.74 Å². The summed E-state index contributed by atoms with van der Waals surface area (Å²) in [6, 6.07) is 2.26. The fraction of sp³-hybridized carbons (Fsp3) is 0.875. The summed E-state index contributed by atoms with van der Waals surface area (Å²) >= 11 is 0. The van der Waals surface area contributed by atoms with E-state index < -0.39 is 5.60 Å². The maximum Gasteiger partial charge on any atom is 0.307 e. The normalized spacial score (nSPS) is 32.5. The molecule has 0 unspecified atom stereocenters. The molecule has 3 heteroatoms. The molecular formula is C16H25NO2. The van der Waals surface area contributed by atoms with Crippen LogP contribution in [0.4, 0.5) is 0 Å². The zero-order valence-corrected chi connectivity index (χ0v) is 12.0. The molecule has 0 saturated heterocycles. The molecule has 0 aromatic carbocycles. The summed E-state index contributed by atoms with van der Waals surface area (Å²) in [5.41, 5.74) is -0.821. The van der Waals surface area contributed by atoms with Gasteiger partial charge in [-0.1, -0.05) is 39.0 Å². The highest BCUT2D eigenvalue weighted by molar-refractivity contribution is 5.69. The Labute approximate surface area is 116 Å². The maximum absolute atomic E-state index is 11.5. The van der Waals surface area contributed by atoms with Crippen LogP contribution >= 0.6 is 0 Å². The Bertz CT molecular complexity index is 344. The van der Waals surface area contributed by atoms with E-state index in [1.165, 1.54) is 32.1 Å². The third kappa shape index (κ3) is 3.49. The van der Waals surface area contributed by atoms with E-state index in [-0.39, 0.29) is 5.97 Å². The minimum Gasteiger partial charge on any atom is -0.444 e. The average molecular weight is 263 g/mol. The minimum atomic E-state index is -0.821. The molecule has 0 aromatic heterocycles. The van der Waals surface area contributed by atoms with Crippen molar-refractivity contribution in [3.63, 3.8) is 0 Å². The van der Waals surface area contributed by atoms with Crippen LogP contribution in [0, 0.1) is 23.2 Å². The molecule has 0 bridgehead atoms. The van der Waals surface area contributed by atoms with Crippen LogP contribution in [-0.2, 0) is 9.53 Å². The lowest BCUT2D eigenvalue weighted by Gasteiger charge is -2.39. The smallest absolute Gasteiger partial charge is 0.307 e. The van der Waals surface area contributed by atoms with Gasteiger partial charge < -0.3 is 4.74 Å². The van der Waals surface area contributed by atoms with Crippen LogP contribution < -0.4 is 0 Å². The Morgan fingerprint density at radius 3 is 2.26 bits per heavy atom. The van der Waals surface area contributed by atoms with E-state index >= 15 is 0 Å². The summed E-state index contributed by atoms with van der Waals surface area (Å²) in [6.07, 6.45) is 10.8. The Morgan fingerprint density at radius 2 is 1.74 bits per heavy atom. The second kappa shape index (κ2) is 6.41. The molecule has 106 valence electrons. The van der Waals surface area contributed by atoms with Crippen LogP contribution in [0.15, 0.2) is 0 Å². The first-order valence-electron chi connectivity index (χ1n) is 7.82. The van der Waals surface area contributed by atoms with Gasteiger partial charge in [-0.05, 0) is 24.7 Å². The van der Waals surface area contributed by atoms with Gasteiger partial charge in [0.05, 0.1) is 0 Å². The van der Waals surface area contributed by atoms with Crippen molar-refractivity contribution in [3.05, 3.63) is 0 Å². The second-order valence-corrected chi connectivity index (χ2v) is 6.17. The number of hydrogen-bond acceptors (Lipinski definition) is 3. The first-order chi connectivity index (χ1) is 9.19. The number of rotatable bonds is 3. The Morgan fingerprint density at radius 1 is 1.16 bits per heavy atom. The van der Waals surface area contributed by atoms with Crippen LogP contribution in [0.1, 0.15) is 71.1 Å². The Balaban J connectivity index is 1.89. The summed E-state index contributed by atoms with van der Waals surface area (Å²) in [7, 11) is 0. The van der Waals surface area contributed by atoms with Crippen LogP contribution in [-0.4, -0.2) is 11.6 Å². The molecule has 0 aromatic rings. The fourth-order valence-corrected chi connectivity index (χ4v) is 3.71. The predicted molar refractivity (Wildman–Crippen MR) is 73.3 cm³/mol. The molecule has 0 spiro atoms. The number of hydrogen-bond donors (Lipinski definition) is 0. The van der Waals surface area contributed by atoms with Crippen LogP contribution in [0.25, 0.3) is 0 Å². The zero-order valence-electron chi connectivity index (χ0n) is 12.0. The van der Waals surface area contributed by atoms with Crippen LogP contribution in [0.5, 0.6) is 0 Å². The van der Waals surface area contributed by atoms with E-state index in [1.54, 1.807) is 6.92 Å². The summed E-state index contributed by atoms with van der Waals surface area (Å²) in [4.78, 5) is 11.5. The van der Waals surface area contributed by atoms with Crippen molar-refractivity contribution in [3.8, 4) is 6.07 Å². The van der Waals surface area contributed by atoms with Gasteiger partial charge in [-0.3, -0.25) is 4.79 Å². The summed E-state index contributed by atoms with van der Waals surface area (Å²) in [6.45, 7) is 1.78. The number of carbonyl (C=O) groups is 1. The number of nitriles is 1. The molecule has 2 saturated carbocycles. The third-order valence-corrected chi connectivity index (χ3v) is 4.96. The molecule has 0 atom stereocenters.